The van der Waals surface area contributed by atoms with Crippen LogP contribution in [0.25, 0.3) is 0 Å². The fraction of sp³-hybridized carbons (Fsp3) is 0.833. The fourth-order valence-corrected chi connectivity index (χ4v) is 2.25. The number of amides is 1. The summed E-state index contributed by atoms with van der Waals surface area (Å²) in [4.78, 5) is 23.2. The molecule has 0 saturated heterocycles. The van der Waals surface area contributed by atoms with Crippen LogP contribution in [0.3, 0.4) is 0 Å². The molecule has 1 unspecified atom stereocenters. The van der Waals surface area contributed by atoms with Crippen molar-refractivity contribution in [2.75, 3.05) is 7.11 Å². The molecule has 1 aliphatic rings. The standard InChI is InChI=1S/C12H21NO3/c1-4-8(2)11(14)9-6-5-7-10(9)13-12(15)16-3/h8-10H,4-7H2,1-3H3,(H,13,15)/t8?,9-,10-/m0/s1. The number of alkyl carbamates (subject to hydrolysis) is 1. The minimum atomic E-state index is -0.436. The first-order valence-corrected chi connectivity index (χ1v) is 5.98. The molecule has 0 aromatic heterocycles. The van der Waals surface area contributed by atoms with Crippen LogP contribution < -0.4 is 5.32 Å². The Kier molecular flexibility index (Phi) is 4.77. The van der Waals surface area contributed by atoms with Gasteiger partial charge in [0.1, 0.15) is 5.78 Å². The second-order valence-corrected chi connectivity index (χ2v) is 4.49. The molecule has 1 aliphatic carbocycles. The van der Waals surface area contributed by atoms with E-state index in [1.54, 1.807) is 0 Å². The Morgan fingerprint density at radius 1 is 1.44 bits per heavy atom. The van der Waals surface area contributed by atoms with Crippen LogP contribution in [0.5, 0.6) is 0 Å². The number of hydrogen-bond acceptors (Lipinski definition) is 3. The van der Waals surface area contributed by atoms with E-state index in [1.165, 1.54) is 7.11 Å². The van der Waals surface area contributed by atoms with Crippen molar-refractivity contribution in [3.8, 4) is 0 Å². The first-order chi connectivity index (χ1) is 7.60. The monoisotopic (exact) mass is 227 g/mol. The molecule has 1 rings (SSSR count). The van der Waals surface area contributed by atoms with Crippen molar-refractivity contribution in [3.05, 3.63) is 0 Å². The molecule has 0 bridgehead atoms. The summed E-state index contributed by atoms with van der Waals surface area (Å²) in [6.07, 6.45) is 3.19. The summed E-state index contributed by atoms with van der Waals surface area (Å²) < 4.78 is 4.57. The van der Waals surface area contributed by atoms with Crippen LogP contribution in [0.4, 0.5) is 4.79 Å². The van der Waals surface area contributed by atoms with Crippen LogP contribution in [0.15, 0.2) is 0 Å². The number of Topliss-reactive ketones (excluding diaryl/α,β-unsaturated/α-hetero) is 1. The molecule has 1 amide bonds. The topological polar surface area (TPSA) is 55.4 Å². The number of rotatable bonds is 4. The van der Waals surface area contributed by atoms with Gasteiger partial charge in [0.15, 0.2) is 0 Å². The molecular formula is C12H21NO3. The zero-order valence-corrected chi connectivity index (χ0v) is 10.3. The fourth-order valence-electron chi connectivity index (χ4n) is 2.25. The number of nitrogens with one attached hydrogen (secondary N) is 1. The molecule has 0 aliphatic heterocycles. The highest BCUT2D eigenvalue weighted by atomic mass is 16.5. The largest absolute Gasteiger partial charge is 0.453 e. The highest BCUT2D eigenvalue weighted by Crippen LogP contribution is 2.29. The SMILES string of the molecule is CCC(C)C(=O)[C@H]1CCC[C@@H]1NC(=O)OC. The quantitative estimate of drug-likeness (QED) is 0.800. The Hall–Kier alpha value is -1.06. The predicted octanol–water partition coefficient (Wildman–Crippen LogP) is 2.13. The van der Waals surface area contributed by atoms with E-state index in [2.05, 4.69) is 10.1 Å². The van der Waals surface area contributed by atoms with Crippen molar-refractivity contribution in [2.45, 2.75) is 45.6 Å². The van der Waals surface area contributed by atoms with Gasteiger partial charge in [0, 0.05) is 17.9 Å². The van der Waals surface area contributed by atoms with E-state index in [-0.39, 0.29) is 23.7 Å². The molecule has 1 N–H and O–H groups in total. The highest BCUT2D eigenvalue weighted by molar-refractivity contribution is 5.84. The van der Waals surface area contributed by atoms with E-state index in [9.17, 15) is 9.59 Å². The number of hydrogen-bond donors (Lipinski definition) is 1. The average molecular weight is 227 g/mol. The zero-order valence-electron chi connectivity index (χ0n) is 10.3. The maximum Gasteiger partial charge on any atom is 0.407 e. The van der Waals surface area contributed by atoms with Gasteiger partial charge in [-0.15, -0.1) is 0 Å². The van der Waals surface area contributed by atoms with Gasteiger partial charge >= 0.3 is 6.09 Å². The third-order valence-corrected chi connectivity index (χ3v) is 3.47. The Balaban J connectivity index is 2.58. The average Bonchev–Trinajstić information content (AvgIpc) is 2.74. The second kappa shape index (κ2) is 5.87. The van der Waals surface area contributed by atoms with E-state index in [0.717, 1.165) is 25.7 Å². The van der Waals surface area contributed by atoms with E-state index in [1.807, 2.05) is 13.8 Å². The molecule has 0 radical (unpaired) electrons. The van der Waals surface area contributed by atoms with Crippen molar-refractivity contribution in [3.63, 3.8) is 0 Å². The normalized spacial score (nSPS) is 26.2. The Bertz CT molecular complexity index is 265. The van der Waals surface area contributed by atoms with Gasteiger partial charge in [-0.05, 0) is 19.3 Å². The lowest BCUT2D eigenvalue weighted by Gasteiger charge is -2.21. The summed E-state index contributed by atoms with van der Waals surface area (Å²) in [6.45, 7) is 3.97. The van der Waals surface area contributed by atoms with Gasteiger partial charge in [0.25, 0.3) is 0 Å². The van der Waals surface area contributed by atoms with Gasteiger partial charge in [-0.1, -0.05) is 20.3 Å². The van der Waals surface area contributed by atoms with Crippen molar-refractivity contribution in [1.29, 1.82) is 0 Å². The molecule has 4 heteroatoms. The van der Waals surface area contributed by atoms with Gasteiger partial charge < -0.3 is 10.1 Å². The summed E-state index contributed by atoms with van der Waals surface area (Å²) in [5.74, 6) is 0.348. The van der Waals surface area contributed by atoms with Gasteiger partial charge in [-0.25, -0.2) is 4.79 Å². The maximum absolute atomic E-state index is 12.1. The molecule has 0 heterocycles. The number of methoxy groups -OCH3 is 1. The molecule has 92 valence electrons. The smallest absolute Gasteiger partial charge is 0.407 e. The van der Waals surface area contributed by atoms with E-state index >= 15 is 0 Å². The maximum atomic E-state index is 12.1. The molecule has 4 nitrogen and oxygen atoms in total. The number of ether oxygens (including phenoxy) is 1. The van der Waals surface area contributed by atoms with Gasteiger partial charge in [0.05, 0.1) is 7.11 Å². The molecule has 3 atom stereocenters. The lowest BCUT2D eigenvalue weighted by molar-refractivity contribution is -0.126. The van der Waals surface area contributed by atoms with Crippen molar-refractivity contribution < 1.29 is 14.3 Å². The molecule has 16 heavy (non-hydrogen) atoms. The Morgan fingerprint density at radius 2 is 2.12 bits per heavy atom. The molecule has 1 saturated carbocycles. The number of carbonyl (C=O) groups is 2. The van der Waals surface area contributed by atoms with Crippen molar-refractivity contribution in [2.24, 2.45) is 11.8 Å². The van der Waals surface area contributed by atoms with Crippen LogP contribution in [0.2, 0.25) is 0 Å². The third kappa shape index (κ3) is 2.97. The highest BCUT2D eigenvalue weighted by Gasteiger charge is 2.35. The van der Waals surface area contributed by atoms with Crippen LogP contribution >= 0.6 is 0 Å². The number of ketones is 1. The lowest BCUT2D eigenvalue weighted by Crippen LogP contribution is -2.41. The minimum absolute atomic E-state index is 0.0194. The summed E-state index contributed by atoms with van der Waals surface area (Å²) in [7, 11) is 1.34. The van der Waals surface area contributed by atoms with Crippen LogP contribution in [-0.2, 0) is 9.53 Å². The summed E-state index contributed by atoms with van der Waals surface area (Å²) in [5, 5.41) is 2.76. The zero-order chi connectivity index (χ0) is 12.1. The lowest BCUT2D eigenvalue weighted by atomic mass is 9.89. The second-order valence-electron chi connectivity index (χ2n) is 4.49. The molecule has 0 aromatic carbocycles. The summed E-state index contributed by atoms with van der Waals surface area (Å²) in [6, 6.07) is -0.0334. The minimum Gasteiger partial charge on any atom is -0.453 e. The third-order valence-electron chi connectivity index (χ3n) is 3.47. The number of carbonyl (C=O) groups excluding carboxylic acids is 2. The van der Waals surface area contributed by atoms with E-state index < -0.39 is 6.09 Å². The predicted molar refractivity (Wildman–Crippen MR) is 61.1 cm³/mol. The van der Waals surface area contributed by atoms with Gasteiger partial charge in [-0.2, -0.15) is 0 Å². The van der Waals surface area contributed by atoms with E-state index in [0.29, 0.717) is 0 Å². The molecule has 0 spiro atoms. The first-order valence-electron chi connectivity index (χ1n) is 5.98. The first kappa shape index (κ1) is 13.0. The van der Waals surface area contributed by atoms with Gasteiger partial charge in [-0.3, -0.25) is 4.79 Å². The molecule has 1 fully saturated rings. The van der Waals surface area contributed by atoms with Crippen LogP contribution in [0, 0.1) is 11.8 Å². The van der Waals surface area contributed by atoms with E-state index in [4.69, 9.17) is 0 Å². The Labute approximate surface area is 96.7 Å². The van der Waals surface area contributed by atoms with Gasteiger partial charge in [0.2, 0.25) is 0 Å². The molecular weight excluding hydrogens is 206 g/mol. The Morgan fingerprint density at radius 3 is 2.69 bits per heavy atom. The van der Waals surface area contributed by atoms with Crippen LogP contribution in [-0.4, -0.2) is 25.0 Å². The van der Waals surface area contributed by atoms with Crippen molar-refractivity contribution in [1.82, 2.24) is 5.32 Å². The van der Waals surface area contributed by atoms with Crippen LogP contribution in [0.1, 0.15) is 39.5 Å². The molecule has 0 aromatic rings. The summed E-state index contributed by atoms with van der Waals surface area (Å²) >= 11 is 0. The summed E-state index contributed by atoms with van der Waals surface area (Å²) in [5.41, 5.74) is 0. The van der Waals surface area contributed by atoms with Crippen molar-refractivity contribution >= 4 is 11.9 Å².